The van der Waals surface area contributed by atoms with Gasteiger partial charge in [0.15, 0.2) is 11.0 Å². The van der Waals surface area contributed by atoms with E-state index < -0.39 is 0 Å². The van der Waals surface area contributed by atoms with Crippen LogP contribution in [0.25, 0.3) is 22.3 Å². The standard InChI is InChI=1S/C23H25N5O3S/c1-5-28-13-17(16-8-6-7-9-19(16)28)22-25-26-23(27(22)2)32-14-21(29)24-18-12-15(30-3)10-11-20(18)31-4/h6-13H,5,14H2,1-4H3,(H,24,29). The number of nitrogens with zero attached hydrogens (tertiary/aromatic N) is 4. The second-order valence-corrected chi connectivity index (χ2v) is 8.06. The molecule has 0 aliphatic carbocycles. The number of anilines is 1. The van der Waals surface area contributed by atoms with Crippen molar-refractivity contribution >= 4 is 34.3 Å². The zero-order valence-electron chi connectivity index (χ0n) is 18.5. The zero-order valence-corrected chi connectivity index (χ0v) is 19.3. The summed E-state index contributed by atoms with van der Waals surface area (Å²) in [4.78, 5) is 12.6. The molecule has 9 heteroatoms. The molecule has 2 aromatic heterocycles. The van der Waals surface area contributed by atoms with Crippen LogP contribution in [0.15, 0.2) is 53.8 Å². The molecule has 0 saturated heterocycles. The monoisotopic (exact) mass is 451 g/mol. The number of hydrogen-bond donors (Lipinski definition) is 1. The third kappa shape index (κ3) is 4.16. The fourth-order valence-electron chi connectivity index (χ4n) is 3.59. The van der Waals surface area contributed by atoms with Crippen molar-refractivity contribution in [3.8, 4) is 22.9 Å². The molecule has 8 nitrogen and oxygen atoms in total. The minimum atomic E-state index is -0.173. The van der Waals surface area contributed by atoms with Crippen molar-refractivity contribution in [1.82, 2.24) is 19.3 Å². The Kier molecular flexibility index (Phi) is 6.36. The number of thioether (sulfide) groups is 1. The molecule has 0 saturated carbocycles. The average Bonchev–Trinajstić information content (AvgIpc) is 3.37. The van der Waals surface area contributed by atoms with E-state index in [1.54, 1.807) is 32.4 Å². The van der Waals surface area contributed by atoms with Crippen LogP contribution in [0.3, 0.4) is 0 Å². The Labute approximate surface area is 190 Å². The van der Waals surface area contributed by atoms with Crippen LogP contribution in [-0.4, -0.2) is 45.2 Å². The van der Waals surface area contributed by atoms with Crippen molar-refractivity contribution in [2.24, 2.45) is 7.05 Å². The molecule has 0 spiro atoms. The van der Waals surface area contributed by atoms with Crippen molar-refractivity contribution in [2.45, 2.75) is 18.6 Å². The molecule has 0 unspecified atom stereocenters. The van der Waals surface area contributed by atoms with Crippen molar-refractivity contribution in [2.75, 3.05) is 25.3 Å². The van der Waals surface area contributed by atoms with E-state index >= 15 is 0 Å². The van der Waals surface area contributed by atoms with Gasteiger partial charge >= 0.3 is 0 Å². The minimum absolute atomic E-state index is 0.173. The minimum Gasteiger partial charge on any atom is -0.497 e. The van der Waals surface area contributed by atoms with Gasteiger partial charge in [0.1, 0.15) is 11.5 Å². The summed E-state index contributed by atoms with van der Waals surface area (Å²) in [6.45, 7) is 2.98. The lowest BCUT2D eigenvalue weighted by Crippen LogP contribution is -2.15. The number of aryl methyl sites for hydroxylation is 1. The molecule has 0 atom stereocenters. The number of fused-ring (bicyclic) bond motifs is 1. The molecular formula is C23H25N5O3S. The zero-order chi connectivity index (χ0) is 22.7. The highest BCUT2D eigenvalue weighted by Crippen LogP contribution is 2.32. The van der Waals surface area contributed by atoms with E-state index in [1.165, 1.54) is 11.8 Å². The molecular weight excluding hydrogens is 426 g/mol. The fourth-order valence-corrected chi connectivity index (χ4v) is 4.30. The quantitative estimate of drug-likeness (QED) is 0.404. The van der Waals surface area contributed by atoms with E-state index in [-0.39, 0.29) is 11.7 Å². The van der Waals surface area contributed by atoms with E-state index in [1.807, 2.05) is 23.7 Å². The number of carbonyl (C=O) groups excluding carboxylic acids is 1. The molecule has 2 heterocycles. The van der Waals surface area contributed by atoms with Gasteiger partial charge < -0.3 is 23.9 Å². The third-order valence-corrected chi connectivity index (χ3v) is 6.24. The van der Waals surface area contributed by atoms with E-state index in [9.17, 15) is 4.79 Å². The van der Waals surface area contributed by atoms with Crippen molar-refractivity contribution in [1.29, 1.82) is 0 Å². The number of methoxy groups -OCH3 is 2. The number of nitrogens with one attached hydrogen (secondary N) is 1. The molecule has 32 heavy (non-hydrogen) atoms. The lowest BCUT2D eigenvalue weighted by molar-refractivity contribution is -0.113. The normalized spacial score (nSPS) is 11.0. The SMILES string of the molecule is CCn1cc(-c2nnc(SCC(=O)Nc3cc(OC)ccc3OC)n2C)c2ccccc21. The molecule has 0 fully saturated rings. The molecule has 1 N–H and O–H groups in total. The second kappa shape index (κ2) is 9.35. The van der Waals surface area contributed by atoms with Gasteiger partial charge in [-0.3, -0.25) is 4.79 Å². The summed E-state index contributed by atoms with van der Waals surface area (Å²) in [5.74, 6) is 1.98. The number of ether oxygens (including phenoxy) is 2. The number of rotatable bonds is 8. The van der Waals surface area contributed by atoms with Gasteiger partial charge in [-0.15, -0.1) is 10.2 Å². The first-order chi connectivity index (χ1) is 15.5. The highest BCUT2D eigenvalue weighted by atomic mass is 32.2. The summed E-state index contributed by atoms with van der Waals surface area (Å²) in [5, 5.41) is 13.4. The summed E-state index contributed by atoms with van der Waals surface area (Å²) < 4.78 is 14.7. The van der Waals surface area contributed by atoms with Gasteiger partial charge in [0.25, 0.3) is 0 Å². The molecule has 1 amide bonds. The second-order valence-electron chi connectivity index (χ2n) is 7.11. The Bertz CT molecular complexity index is 1260. The molecule has 4 rings (SSSR count). The van der Waals surface area contributed by atoms with E-state index in [0.717, 1.165) is 28.8 Å². The molecule has 0 radical (unpaired) electrons. The average molecular weight is 452 g/mol. The molecule has 166 valence electrons. The van der Waals surface area contributed by atoms with Gasteiger partial charge in [0.05, 0.1) is 25.7 Å². The highest BCUT2D eigenvalue weighted by molar-refractivity contribution is 7.99. The highest BCUT2D eigenvalue weighted by Gasteiger charge is 2.18. The van der Waals surface area contributed by atoms with Gasteiger partial charge in [0, 0.05) is 42.3 Å². The molecule has 0 aliphatic rings. The summed E-state index contributed by atoms with van der Waals surface area (Å²) in [5.41, 5.74) is 2.74. The number of aromatic nitrogens is 4. The van der Waals surface area contributed by atoms with E-state index in [4.69, 9.17) is 9.47 Å². The van der Waals surface area contributed by atoms with Crippen LogP contribution in [-0.2, 0) is 18.4 Å². The van der Waals surface area contributed by atoms with Gasteiger partial charge in [-0.2, -0.15) is 0 Å². The van der Waals surface area contributed by atoms with Crippen LogP contribution < -0.4 is 14.8 Å². The predicted molar refractivity (Wildman–Crippen MR) is 127 cm³/mol. The molecule has 2 aromatic carbocycles. The summed E-state index contributed by atoms with van der Waals surface area (Å²) in [7, 11) is 5.05. The molecule has 0 bridgehead atoms. The van der Waals surface area contributed by atoms with Crippen molar-refractivity contribution in [3.63, 3.8) is 0 Å². The molecule has 4 aromatic rings. The smallest absolute Gasteiger partial charge is 0.234 e. The van der Waals surface area contributed by atoms with Crippen molar-refractivity contribution < 1.29 is 14.3 Å². The number of benzene rings is 2. The topological polar surface area (TPSA) is 83.2 Å². The maximum Gasteiger partial charge on any atom is 0.234 e. The summed E-state index contributed by atoms with van der Waals surface area (Å²) >= 11 is 1.33. The Balaban J connectivity index is 1.50. The number of amides is 1. The molecule has 0 aliphatic heterocycles. The van der Waals surface area contributed by atoms with Gasteiger partial charge in [-0.25, -0.2) is 0 Å². The van der Waals surface area contributed by atoms with Crippen LogP contribution in [0.2, 0.25) is 0 Å². The number of hydrogen-bond acceptors (Lipinski definition) is 6. The third-order valence-electron chi connectivity index (χ3n) is 5.22. The van der Waals surface area contributed by atoms with Crippen LogP contribution >= 0.6 is 11.8 Å². The Morgan fingerprint density at radius 3 is 2.69 bits per heavy atom. The lowest BCUT2D eigenvalue weighted by atomic mass is 10.1. The van der Waals surface area contributed by atoms with Crippen LogP contribution in [0, 0.1) is 0 Å². The van der Waals surface area contributed by atoms with Crippen LogP contribution in [0.1, 0.15) is 6.92 Å². The first-order valence-corrected chi connectivity index (χ1v) is 11.2. The number of para-hydroxylation sites is 1. The van der Waals surface area contributed by atoms with Gasteiger partial charge in [0.2, 0.25) is 5.91 Å². The van der Waals surface area contributed by atoms with E-state index in [2.05, 4.69) is 45.3 Å². The Hall–Kier alpha value is -3.46. The van der Waals surface area contributed by atoms with Gasteiger partial charge in [-0.05, 0) is 25.1 Å². The summed E-state index contributed by atoms with van der Waals surface area (Å²) in [6, 6.07) is 13.5. The largest absolute Gasteiger partial charge is 0.497 e. The van der Waals surface area contributed by atoms with Crippen LogP contribution in [0.5, 0.6) is 11.5 Å². The fraction of sp³-hybridized carbons (Fsp3) is 0.261. The first-order valence-electron chi connectivity index (χ1n) is 10.2. The number of carbonyl (C=O) groups is 1. The van der Waals surface area contributed by atoms with Crippen LogP contribution in [0.4, 0.5) is 5.69 Å². The predicted octanol–water partition coefficient (Wildman–Crippen LogP) is 4.20. The van der Waals surface area contributed by atoms with Crippen molar-refractivity contribution in [3.05, 3.63) is 48.7 Å². The maximum absolute atomic E-state index is 12.6. The maximum atomic E-state index is 12.6. The van der Waals surface area contributed by atoms with E-state index in [0.29, 0.717) is 22.3 Å². The Morgan fingerprint density at radius 1 is 1.12 bits per heavy atom. The lowest BCUT2D eigenvalue weighted by Gasteiger charge is -2.11. The van der Waals surface area contributed by atoms with Gasteiger partial charge in [-0.1, -0.05) is 30.0 Å². The Morgan fingerprint density at radius 2 is 1.94 bits per heavy atom. The first kappa shape index (κ1) is 21.8. The summed E-state index contributed by atoms with van der Waals surface area (Å²) in [6.07, 6.45) is 2.10.